The maximum absolute atomic E-state index is 11.9. The minimum absolute atomic E-state index is 0.0631. The van der Waals surface area contributed by atoms with Gasteiger partial charge >= 0.3 is 5.97 Å². The van der Waals surface area contributed by atoms with Crippen LogP contribution in [0.4, 0.5) is 0 Å². The van der Waals surface area contributed by atoms with Crippen molar-refractivity contribution in [2.24, 2.45) is 0 Å². The van der Waals surface area contributed by atoms with Gasteiger partial charge in [0.15, 0.2) is 0 Å². The van der Waals surface area contributed by atoms with Crippen LogP contribution in [0.15, 0.2) is 24.3 Å². The van der Waals surface area contributed by atoms with E-state index in [2.05, 4.69) is 6.07 Å². The van der Waals surface area contributed by atoms with Crippen LogP contribution in [0.1, 0.15) is 30.5 Å². The molecule has 94 valence electrons. The standard InChI is InChI=1S/C14H15NO3/c1-9(16)18-13-12-11-7-3-2-5-10(11)6-4-8-15(12)14(13)17/h2-3,5,7,12-13H,4,6,8H2,1H3/t12-,13+/m1/s1. The lowest BCUT2D eigenvalue weighted by Gasteiger charge is -2.45. The molecule has 0 N–H and O–H groups in total. The number of benzene rings is 1. The number of β-lactam (4-membered cyclic amide) rings is 1. The number of carbonyl (C=O) groups excluding carboxylic acids is 2. The second-order valence-electron chi connectivity index (χ2n) is 4.81. The predicted molar refractivity (Wildman–Crippen MR) is 64.8 cm³/mol. The molecule has 0 spiro atoms. The summed E-state index contributed by atoms with van der Waals surface area (Å²) in [6.07, 6.45) is 1.32. The first-order chi connectivity index (χ1) is 8.68. The molecule has 4 heteroatoms. The van der Waals surface area contributed by atoms with Crippen molar-refractivity contribution < 1.29 is 14.3 Å². The summed E-state index contributed by atoms with van der Waals surface area (Å²) >= 11 is 0. The molecule has 2 atom stereocenters. The van der Waals surface area contributed by atoms with E-state index in [0.29, 0.717) is 0 Å². The highest BCUT2D eigenvalue weighted by atomic mass is 16.6. The molecule has 0 bridgehead atoms. The van der Waals surface area contributed by atoms with E-state index < -0.39 is 12.1 Å². The van der Waals surface area contributed by atoms with Crippen LogP contribution in [-0.2, 0) is 20.7 Å². The van der Waals surface area contributed by atoms with Gasteiger partial charge in [-0.2, -0.15) is 0 Å². The minimum atomic E-state index is -0.623. The van der Waals surface area contributed by atoms with Crippen LogP contribution >= 0.6 is 0 Å². The van der Waals surface area contributed by atoms with Gasteiger partial charge in [0.2, 0.25) is 6.10 Å². The molecule has 2 aliphatic rings. The molecule has 1 saturated heterocycles. The highest BCUT2D eigenvalue weighted by Gasteiger charge is 2.51. The summed E-state index contributed by atoms with van der Waals surface area (Å²) < 4.78 is 5.15. The third-order valence-corrected chi connectivity index (χ3v) is 3.66. The zero-order valence-corrected chi connectivity index (χ0v) is 10.3. The third-order valence-electron chi connectivity index (χ3n) is 3.66. The van der Waals surface area contributed by atoms with Crippen LogP contribution in [-0.4, -0.2) is 29.4 Å². The van der Waals surface area contributed by atoms with Gasteiger partial charge < -0.3 is 9.64 Å². The summed E-state index contributed by atoms with van der Waals surface area (Å²) in [7, 11) is 0. The smallest absolute Gasteiger partial charge is 0.303 e. The summed E-state index contributed by atoms with van der Waals surface area (Å²) in [5.74, 6) is -0.457. The van der Waals surface area contributed by atoms with Gasteiger partial charge in [0, 0.05) is 13.5 Å². The number of esters is 1. The van der Waals surface area contributed by atoms with Gasteiger partial charge in [-0.25, -0.2) is 0 Å². The maximum atomic E-state index is 11.9. The number of fused-ring (bicyclic) bond motifs is 3. The molecule has 0 unspecified atom stereocenters. The fourth-order valence-electron chi connectivity index (χ4n) is 2.88. The van der Waals surface area contributed by atoms with Gasteiger partial charge in [0.25, 0.3) is 5.91 Å². The van der Waals surface area contributed by atoms with E-state index in [4.69, 9.17) is 4.74 Å². The Kier molecular flexibility index (Phi) is 2.58. The van der Waals surface area contributed by atoms with Crippen molar-refractivity contribution in [1.82, 2.24) is 4.90 Å². The van der Waals surface area contributed by atoms with Crippen LogP contribution in [0, 0.1) is 0 Å². The Bertz CT molecular complexity index is 512. The molecule has 0 aromatic heterocycles. The molecule has 0 radical (unpaired) electrons. The first-order valence-electron chi connectivity index (χ1n) is 6.24. The zero-order chi connectivity index (χ0) is 12.7. The van der Waals surface area contributed by atoms with Gasteiger partial charge in [0.05, 0.1) is 0 Å². The number of hydrogen-bond donors (Lipinski definition) is 0. The van der Waals surface area contributed by atoms with Crippen molar-refractivity contribution in [2.75, 3.05) is 6.54 Å². The molecule has 1 fully saturated rings. The Labute approximate surface area is 106 Å². The number of rotatable bonds is 1. The highest BCUT2D eigenvalue weighted by molar-refractivity contribution is 5.91. The largest absolute Gasteiger partial charge is 0.450 e. The van der Waals surface area contributed by atoms with Crippen LogP contribution in [0.25, 0.3) is 0 Å². The van der Waals surface area contributed by atoms with E-state index in [1.54, 1.807) is 0 Å². The molecule has 2 aliphatic heterocycles. The highest BCUT2D eigenvalue weighted by Crippen LogP contribution is 2.40. The first kappa shape index (κ1) is 11.3. The Morgan fingerprint density at radius 3 is 2.94 bits per heavy atom. The molecular formula is C14H15NO3. The fraction of sp³-hybridized carbons (Fsp3) is 0.429. The van der Waals surface area contributed by atoms with E-state index in [-0.39, 0.29) is 11.9 Å². The molecule has 18 heavy (non-hydrogen) atoms. The monoisotopic (exact) mass is 245 g/mol. The van der Waals surface area contributed by atoms with Crippen molar-refractivity contribution in [3.8, 4) is 0 Å². The second kappa shape index (κ2) is 4.12. The topological polar surface area (TPSA) is 46.6 Å². The van der Waals surface area contributed by atoms with Crippen LogP contribution in [0.2, 0.25) is 0 Å². The van der Waals surface area contributed by atoms with Crippen molar-refractivity contribution in [1.29, 1.82) is 0 Å². The second-order valence-corrected chi connectivity index (χ2v) is 4.81. The van der Waals surface area contributed by atoms with Crippen LogP contribution < -0.4 is 0 Å². The number of hydrogen-bond acceptors (Lipinski definition) is 3. The van der Waals surface area contributed by atoms with Crippen molar-refractivity contribution in [3.63, 3.8) is 0 Å². The minimum Gasteiger partial charge on any atom is -0.450 e. The Hall–Kier alpha value is -1.84. The number of aryl methyl sites for hydroxylation is 1. The lowest BCUT2D eigenvalue weighted by atomic mass is 9.88. The van der Waals surface area contributed by atoms with E-state index >= 15 is 0 Å². The van der Waals surface area contributed by atoms with E-state index in [9.17, 15) is 9.59 Å². The SMILES string of the molecule is CC(=O)O[C@@H]1C(=O)N2CCCc3ccccc3[C@H]12. The number of amides is 1. The Morgan fingerprint density at radius 1 is 1.39 bits per heavy atom. The third kappa shape index (κ3) is 1.60. The fourth-order valence-corrected chi connectivity index (χ4v) is 2.88. The summed E-state index contributed by atoms with van der Waals surface area (Å²) in [5, 5.41) is 0. The van der Waals surface area contributed by atoms with Crippen molar-refractivity contribution >= 4 is 11.9 Å². The first-order valence-corrected chi connectivity index (χ1v) is 6.24. The quantitative estimate of drug-likeness (QED) is 0.555. The van der Waals surface area contributed by atoms with E-state index in [0.717, 1.165) is 24.9 Å². The molecule has 2 heterocycles. The normalized spacial score (nSPS) is 25.6. The summed E-state index contributed by atoms with van der Waals surface area (Å²) in [4.78, 5) is 24.8. The molecule has 3 rings (SSSR count). The number of carbonyl (C=O) groups is 2. The summed E-state index contributed by atoms with van der Waals surface area (Å²) in [6, 6.07) is 8.01. The zero-order valence-electron chi connectivity index (χ0n) is 10.3. The molecule has 1 aromatic rings. The van der Waals surface area contributed by atoms with Crippen molar-refractivity contribution in [3.05, 3.63) is 35.4 Å². The molecule has 4 nitrogen and oxygen atoms in total. The maximum Gasteiger partial charge on any atom is 0.303 e. The molecule has 1 aromatic carbocycles. The summed E-state index contributed by atoms with van der Waals surface area (Å²) in [6.45, 7) is 2.09. The molecule has 0 aliphatic carbocycles. The lowest BCUT2D eigenvalue weighted by molar-refractivity contribution is -0.182. The number of nitrogens with zero attached hydrogens (tertiary/aromatic N) is 1. The van der Waals surface area contributed by atoms with Gasteiger partial charge in [0.1, 0.15) is 6.04 Å². The predicted octanol–water partition coefficient (Wildman–Crippen LogP) is 1.45. The molecular weight excluding hydrogens is 230 g/mol. The van der Waals surface area contributed by atoms with Gasteiger partial charge in [-0.1, -0.05) is 24.3 Å². The summed E-state index contributed by atoms with van der Waals surface area (Å²) in [5.41, 5.74) is 2.38. The van der Waals surface area contributed by atoms with Gasteiger partial charge in [-0.15, -0.1) is 0 Å². The lowest BCUT2D eigenvalue weighted by Crippen LogP contribution is -2.60. The average molecular weight is 245 g/mol. The molecule has 0 saturated carbocycles. The van der Waals surface area contributed by atoms with Crippen LogP contribution in [0.3, 0.4) is 0 Å². The Morgan fingerprint density at radius 2 is 2.17 bits per heavy atom. The number of ether oxygens (including phenoxy) is 1. The molecule has 1 amide bonds. The Balaban J connectivity index is 1.96. The average Bonchev–Trinajstić information content (AvgIpc) is 2.53. The van der Waals surface area contributed by atoms with Gasteiger partial charge in [-0.3, -0.25) is 9.59 Å². The van der Waals surface area contributed by atoms with E-state index in [1.807, 2.05) is 23.1 Å². The van der Waals surface area contributed by atoms with Crippen molar-refractivity contribution in [2.45, 2.75) is 31.9 Å². The van der Waals surface area contributed by atoms with Gasteiger partial charge in [-0.05, 0) is 24.0 Å². The van der Waals surface area contributed by atoms with E-state index in [1.165, 1.54) is 12.5 Å². The van der Waals surface area contributed by atoms with Crippen LogP contribution in [0.5, 0.6) is 0 Å².